The lowest BCUT2D eigenvalue weighted by Gasteiger charge is -2.12. The highest BCUT2D eigenvalue weighted by atomic mass is 16.5. The topological polar surface area (TPSA) is 52.6 Å². The first-order valence-corrected chi connectivity index (χ1v) is 9.85. The average Bonchev–Trinajstić information content (AvgIpc) is 2.57. The molecule has 144 valence electrons. The monoisotopic (exact) mass is 344 g/mol. The van der Waals surface area contributed by atoms with Crippen LogP contribution in [0.4, 0.5) is 0 Å². The first-order valence-electron chi connectivity index (χ1n) is 9.85. The fourth-order valence-corrected chi connectivity index (χ4v) is 2.40. The molecule has 24 heavy (non-hydrogen) atoms. The molecule has 0 aliphatic carbocycles. The summed E-state index contributed by atoms with van der Waals surface area (Å²) in [6, 6.07) is 0. The summed E-state index contributed by atoms with van der Waals surface area (Å²) < 4.78 is 9.91. The molecule has 0 N–H and O–H groups in total. The zero-order valence-corrected chi connectivity index (χ0v) is 16.9. The van der Waals surface area contributed by atoms with E-state index in [1.807, 2.05) is 27.7 Å². The minimum Gasteiger partial charge on any atom is -0.466 e. The maximum absolute atomic E-state index is 11.3. The molecular weight excluding hydrogens is 304 g/mol. The lowest BCUT2D eigenvalue weighted by atomic mass is 10.00. The van der Waals surface area contributed by atoms with E-state index in [1.54, 1.807) is 0 Å². The standard InChI is InChI=1S/2C10H20O2/c2*1-4-7-8-9(5-2)10(11)12-6-3/h2*9H,4-8H2,1-3H3. The van der Waals surface area contributed by atoms with Crippen molar-refractivity contribution in [3.63, 3.8) is 0 Å². The summed E-state index contributed by atoms with van der Waals surface area (Å²) in [6.07, 6.45) is 8.30. The number of rotatable bonds is 12. The van der Waals surface area contributed by atoms with E-state index in [0.29, 0.717) is 13.2 Å². The van der Waals surface area contributed by atoms with E-state index in [0.717, 1.165) is 51.4 Å². The molecule has 2 atom stereocenters. The molecule has 0 bridgehead atoms. The van der Waals surface area contributed by atoms with E-state index < -0.39 is 0 Å². The van der Waals surface area contributed by atoms with Crippen molar-refractivity contribution in [3.8, 4) is 0 Å². The molecule has 0 saturated heterocycles. The Kier molecular flexibility index (Phi) is 19.2. The lowest BCUT2D eigenvalue weighted by molar-refractivity contribution is -0.149. The van der Waals surface area contributed by atoms with E-state index in [9.17, 15) is 9.59 Å². The van der Waals surface area contributed by atoms with E-state index >= 15 is 0 Å². The van der Waals surface area contributed by atoms with Crippen LogP contribution in [0.15, 0.2) is 0 Å². The van der Waals surface area contributed by atoms with Gasteiger partial charge in [0, 0.05) is 0 Å². The molecule has 0 amide bonds. The Hall–Kier alpha value is -1.06. The van der Waals surface area contributed by atoms with Crippen LogP contribution in [0.2, 0.25) is 0 Å². The van der Waals surface area contributed by atoms with Gasteiger partial charge >= 0.3 is 11.9 Å². The molecule has 0 aromatic heterocycles. The van der Waals surface area contributed by atoms with Gasteiger partial charge in [-0.05, 0) is 39.5 Å². The Bertz CT molecular complexity index is 272. The number of hydrogen-bond acceptors (Lipinski definition) is 4. The normalized spacial score (nSPS) is 12.6. The number of hydrogen-bond donors (Lipinski definition) is 0. The number of carbonyl (C=O) groups is 2. The van der Waals surface area contributed by atoms with Gasteiger partial charge < -0.3 is 9.47 Å². The van der Waals surface area contributed by atoms with E-state index in [1.165, 1.54) is 0 Å². The molecule has 0 aromatic carbocycles. The average molecular weight is 345 g/mol. The first-order chi connectivity index (χ1) is 11.5. The maximum Gasteiger partial charge on any atom is 0.308 e. The zero-order chi connectivity index (χ0) is 18.8. The molecule has 0 fully saturated rings. The van der Waals surface area contributed by atoms with Crippen LogP contribution in [-0.4, -0.2) is 25.2 Å². The van der Waals surface area contributed by atoms with Crippen molar-refractivity contribution in [1.29, 1.82) is 0 Å². The molecule has 0 radical (unpaired) electrons. The SMILES string of the molecule is CCCCC(CC)C(=O)OCC.CCCCC(CC)C(=O)OCC. The third-order valence-electron chi connectivity index (χ3n) is 4.04. The van der Waals surface area contributed by atoms with Crippen molar-refractivity contribution in [2.75, 3.05) is 13.2 Å². The molecule has 0 aromatic rings. The van der Waals surface area contributed by atoms with Crippen molar-refractivity contribution in [1.82, 2.24) is 0 Å². The summed E-state index contributed by atoms with van der Waals surface area (Å²) in [5.41, 5.74) is 0. The van der Waals surface area contributed by atoms with Crippen molar-refractivity contribution in [2.24, 2.45) is 11.8 Å². The number of unbranched alkanes of at least 4 members (excludes halogenated alkanes) is 2. The highest BCUT2D eigenvalue weighted by Gasteiger charge is 2.16. The van der Waals surface area contributed by atoms with Crippen molar-refractivity contribution >= 4 is 11.9 Å². The zero-order valence-electron chi connectivity index (χ0n) is 16.9. The molecule has 4 heteroatoms. The largest absolute Gasteiger partial charge is 0.466 e. The predicted octanol–water partition coefficient (Wildman–Crippen LogP) is 5.53. The second-order valence-electron chi connectivity index (χ2n) is 6.00. The summed E-state index contributed by atoms with van der Waals surface area (Å²) in [5, 5.41) is 0. The Morgan fingerprint density at radius 2 is 1.00 bits per heavy atom. The molecule has 0 spiro atoms. The van der Waals surface area contributed by atoms with Gasteiger partial charge in [-0.15, -0.1) is 0 Å². The maximum atomic E-state index is 11.3. The van der Waals surface area contributed by atoms with Crippen LogP contribution in [0.1, 0.15) is 92.9 Å². The fourth-order valence-electron chi connectivity index (χ4n) is 2.40. The first kappa shape index (κ1) is 25.2. The molecule has 4 nitrogen and oxygen atoms in total. The van der Waals surface area contributed by atoms with Crippen LogP contribution < -0.4 is 0 Å². The number of carbonyl (C=O) groups excluding carboxylic acids is 2. The number of ether oxygens (including phenoxy) is 2. The molecule has 0 rings (SSSR count). The summed E-state index contributed by atoms with van der Waals surface area (Å²) in [6.45, 7) is 13.1. The van der Waals surface area contributed by atoms with E-state index in [2.05, 4.69) is 13.8 Å². The molecule has 0 aliphatic rings. The van der Waals surface area contributed by atoms with Gasteiger partial charge in [-0.3, -0.25) is 9.59 Å². The Morgan fingerprint density at radius 3 is 1.21 bits per heavy atom. The third kappa shape index (κ3) is 13.4. The van der Waals surface area contributed by atoms with Crippen LogP contribution in [0.3, 0.4) is 0 Å². The summed E-state index contributed by atoms with van der Waals surface area (Å²) >= 11 is 0. The van der Waals surface area contributed by atoms with Crippen molar-refractivity contribution in [2.45, 2.75) is 92.9 Å². The van der Waals surface area contributed by atoms with E-state index in [-0.39, 0.29) is 23.8 Å². The van der Waals surface area contributed by atoms with Crippen LogP contribution in [0.25, 0.3) is 0 Å². The molecular formula is C20H40O4. The van der Waals surface area contributed by atoms with Gasteiger partial charge in [0.1, 0.15) is 0 Å². The van der Waals surface area contributed by atoms with Crippen LogP contribution in [-0.2, 0) is 19.1 Å². The van der Waals surface area contributed by atoms with Gasteiger partial charge in [0.25, 0.3) is 0 Å². The Morgan fingerprint density at radius 1 is 0.667 bits per heavy atom. The summed E-state index contributed by atoms with van der Waals surface area (Å²) in [4.78, 5) is 22.5. The van der Waals surface area contributed by atoms with Gasteiger partial charge in [0.05, 0.1) is 25.0 Å². The summed E-state index contributed by atoms with van der Waals surface area (Å²) in [7, 11) is 0. The summed E-state index contributed by atoms with van der Waals surface area (Å²) in [5.74, 6) is 0.219. The third-order valence-corrected chi connectivity index (χ3v) is 4.04. The van der Waals surface area contributed by atoms with Gasteiger partial charge in [-0.1, -0.05) is 53.4 Å². The van der Waals surface area contributed by atoms with Gasteiger partial charge in [0.2, 0.25) is 0 Å². The smallest absolute Gasteiger partial charge is 0.308 e. The van der Waals surface area contributed by atoms with Crippen LogP contribution >= 0.6 is 0 Å². The molecule has 0 saturated carbocycles. The quantitative estimate of drug-likeness (QED) is 0.437. The lowest BCUT2D eigenvalue weighted by Crippen LogP contribution is -2.16. The van der Waals surface area contributed by atoms with Crippen molar-refractivity contribution in [3.05, 3.63) is 0 Å². The second-order valence-corrected chi connectivity index (χ2v) is 6.00. The minimum absolute atomic E-state index is 0.0200. The minimum atomic E-state index is -0.0200. The fraction of sp³-hybridized carbons (Fsp3) is 0.900. The van der Waals surface area contributed by atoms with Gasteiger partial charge in [-0.25, -0.2) is 0 Å². The van der Waals surface area contributed by atoms with Gasteiger partial charge in [0.15, 0.2) is 0 Å². The molecule has 0 aliphatic heterocycles. The highest BCUT2D eigenvalue weighted by molar-refractivity contribution is 5.72. The van der Waals surface area contributed by atoms with Gasteiger partial charge in [-0.2, -0.15) is 0 Å². The van der Waals surface area contributed by atoms with Crippen LogP contribution in [0.5, 0.6) is 0 Å². The molecule has 2 unspecified atom stereocenters. The second kappa shape index (κ2) is 18.3. The predicted molar refractivity (Wildman–Crippen MR) is 99.9 cm³/mol. The highest BCUT2D eigenvalue weighted by Crippen LogP contribution is 2.14. The van der Waals surface area contributed by atoms with E-state index in [4.69, 9.17) is 9.47 Å². The van der Waals surface area contributed by atoms with Crippen molar-refractivity contribution < 1.29 is 19.1 Å². The Balaban J connectivity index is 0. The Labute approximate surface area is 149 Å². The van der Waals surface area contributed by atoms with Crippen LogP contribution in [0, 0.1) is 11.8 Å². The number of esters is 2. The molecule has 0 heterocycles.